The maximum absolute atomic E-state index is 13.5. The predicted molar refractivity (Wildman–Crippen MR) is 122 cm³/mol. The first kappa shape index (κ1) is 22.3. The molecule has 3 aromatic heterocycles. The lowest BCUT2D eigenvalue weighted by molar-refractivity contribution is -0.137. The van der Waals surface area contributed by atoms with Crippen molar-refractivity contribution in [1.29, 1.82) is 0 Å². The van der Waals surface area contributed by atoms with Gasteiger partial charge in [-0.1, -0.05) is 0 Å². The van der Waals surface area contributed by atoms with Gasteiger partial charge in [0.1, 0.15) is 11.6 Å². The van der Waals surface area contributed by atoms with Crippen LogP contribution in [-0.2, 0) is 10.9 Å². The molecule has 0 aromatic carbocycles. The molecule has 3 aromatic rings. The summed E-state index contributed by atoms with van der Waals surface area (Å²) in [4.78, 5) is 23.6. The summed E-state index contributed by atoms with van der Waals surface area (Å²) < 4.78 is 45.8. The van der Waals surface area contributed by atoms with E-state index < -0.39 is 11.7 Å². The molecule has 0 bridgehead atoms. The average molecular weight is 471 g/mol. The number of aromatic nitrogens is 4. The molecule has 5 rings (SSSR count). The fourth-order valence-electron chi connectivity index (χ4n) is 4.18. The summed E-state index contributed by atoms with van der Waals surface area (Å²) in [5.74, 6) is 1.35. The number of morpholine rings is 1. The number of rotatable bonds is 4. The molecule has 5 heterocycles. The molecule has 0 unspecified atom stereocenters. The Labute approximate surface area is 195 Å². The lowest BCUT2D eigenvalue weighted by atomic mass is 10.2. The first-order chi connectivity index (χ1) is 16.5. The number of piperazine rings is 1. The zero-order valence-electron chi connectivity index (χ0n) is 18.4. The molecule has 0 radical (unpaired) electrons. The van der Waals surface area contributed by atoms with Crippen LogP contribution >= 0.6 is 0 Å². The fourth-order valence-corrected chi connectivity index (χ4v) is 4.18. The van der Waals surface area contributed by atoms with Crippen LogP contribution in [0.15, 0.2) is 48.9 Å². The van der Waals surface area contributed by atoms with E-state index in [0.29, 0.717) is 58.4 Å². The van der Waals surface area contributed by atoms with Gasteiger partial charge in [-0.2, -0.15) is 18.2 Å². The molecule has 8 nitrogen and oxygen atoms in total. The molecule has 0 saturated carbocycles. The molecular weight excluding hydrogens is 447 g/mol. The summed E-state index contributed by atoms with van der Waals surface area (Å²) in [6.45, 7) is 4.47. The third-order valence-electron chi connectivity index (χ3n) is 5.97. The average Bonchev–Trinajstić information content (AvgIpc) is 2.89. The first-order valence-electron chi connectivity index (χ1n) is 11.1. The normalized spacial score (nSPS) is 17.2. The summed E-state index contributed by atoms with van der Waals surface area (Å²) in [5, 5.41) is 0. The Bertz CT molecular complexity index is 1120. The first-order valence-corrected chi connectivity index (χ1v) is 11.1. The maximum Gasteiger partial charge on any atom is 0.419 e. The lowest BCUT2D eigenvalue weighted by Gasteiger charge is -2.37. The molecule has 0 N–H and O–H groups in total. The highest BCUT2D eigenvalue weighted by atomic mass is 19.4. The molecule has 2 saturated heterocycles. The quantitative estimate of drug-likeness (QED) is 0.575. The molecule has 11 heteroatoms. The highest BCUT2D eigenvalue weighted by molar-refractivity contribution is 5.65. The van der Waals surface area contributed by atoms with Crippen molar-refractivity contribution in [2.45, 2.75) is 6.18 Å². The monoisotopic (exact) mass is 471 g/mol. The second-order valence-corrected chi connectivity index (χ2v) is 8.09. The molecule has 178 valence electrons. The van der Waals surface area contributed by atoms with Crippen LogP contribution in [0.25, 0.3) is 11.3 Å². The van der Waals surface area contributed by atoms with Crippen LogP contribution in [0.4, 0.5) is 30.8 Å². The Morgan fingerprint density at radius 1 is 0.794 bits per heavy atom. The SMILES string of the molecule is FC(F)(F)c1cccnc1N1CCN(c2cc(-c3ccncc3)nc(N3CCOCC3)n2)CC1. The number of anilines is 3. The topological polar surface area (TPSA) is 70.5 Å². The minimum atomic E-state index is -4.44. The van der Waals surface area contributed by atoms with Crippen LogP contribution in [0.5, 0.6) is 0 Å². The number of nitrogens with zero attached hydrogens (tertiary/aromatic N) is 7. The zero-order valence-corrected chi connectivity index (χ0v) is 18.4. The van der Waals surface area contributed by atoms with E-state index in [0.717, 1.165) is 23.1 Å². The summed E-state index contributed by atoms with van der Waals surface area (Å²) in [7, 11) is 0. The van der Waals surface area contributed by atoms with Crippen LogP contribution in [0.2, 0.25) is 0 Å². The van der Waals surface area contributed by atoms with Gasteiger partial charge >= 0.3 is 6.18 Å². The van der Waals surface area contributed by atoms with E-state index in [-0.39, 0.29) is 5.82 Å². The Morgan fingerprint density at radius 3 is 2.21 bits per heavy atom. The molecule has 2 aliphatic heterocycles. The second kappa shape index (κ2) is 9.41. The van der Waals surface area contributed by atoms with Crippen molar-refractivity contribution in [1.82, 2.24) is 19.9 Å². The van der Waals surface area contributed by atoms with Gasteiger partial charge in [-0.3, -0.25) is 4.98 Å². The van der Waals surface area contributed by atoms with Crippen molar-refractivity contribution in [2.75, 3.05) is 67.2 Å². The van der Waals surface area contributed by atoms with E-state index in [1.165, 1.54) is 12.3 Å². The second-order valence-electron chi connectivity index (χ2n) is 8.09. The molecule has 0 amide bonds. The Balaban J connectivity index is 1.40. The van der Waals surface area contributed by atoms with E-state index in [4.69, 9.17) is 14.7 Å². The van der Waals surface area contributed by atoms with E-state index >= 15 is 0 Å². The summed E-state index contributed by atoms with van der Waals surface area (Å²) >= 11 is 0. The molecule has 34 heavy (non-hydrogen) atoms. The lowest BCUT2D eigenvalue weighted by Crippen LogP contribution is -2.48. The van der Waals surface area contributed by atoms with Crippen LogP contribution in [0, 0.1) is 0 Å². The molecule has 0 atom stereocenters. The Kier molecular flexibility index (Phi) is 6.18. The summed E-state index contributed by atoms with van der Waals surface area (Å²) in [5.41, 5.74) is 0.996. The minimum absolute atomic E-state index is 0.0242. The standard InChI is InChI=1S/C23H24F3N7O/c24-23(25,26)18-2-1-5-28-21(18)32-10-8-31(9-11-32)20-16-19(17-3-6-27-7-4-17)29-22(30-20)33-12-14-34-15-13-33/h1-7,16H,8-15H2. The highest BCUT2D eigenvalue weighted by Crippen LogP contribution is 2.35. The molecule has 2 fully saturated rings. The summed E-state index contributed by atoms with van der Waals surface area (Å²) in [6.07, 6.45) is 0.391. The van der Waals surface area contributed by atoms with Crippen LogP contribution in [0.1, 0.15) is 5.56 Å². The largest absolute Gasteiger partial charge is 0.419 e. The van der Waals surface area contributed by atoms with Gasteiger partial charge in [0.15, 0.2) is 0 Å². The van der Waals surface area contributed by atoms with Gasteiger partial charge < -0.3 is 19.4 Å². The van der Waals surface area contributed by atoms with E-state index in [2.05, 4.69) is 19.8 Å². The van der Waals surface area contributed by atoms with Crippen molar-refractivity contribution in [2.24, 2.45) is 0 Å². The number of hydrogen-bond acceptors (Lipinski definition) is 8. The van der Waals surface area contributed by atoms with Crippen molar-refractivity contribution in [3.05, 3.63) is 54.5 Å². The maximum atomic E-state index is 13.5. The minimum Gasteiger partial charge on any atom is -0.378 e. The van der Waals surface area contributed by atoms with Crippen LogP contribution in [0.3, 0.4) is 0 Å². The van der Waals surface area contributed by atoms with Crippen LogP contribution in [-0.4, -0.2) is 72.4 Å². The van der Waals surface area contributed by atoms with Gasteiger partial charge in [0, 0.05) is 69.5 Å². The van der Waals surface area contributed by atoms with Gasteiger partial charge in [-0.25, -0.2) is 9.97 Å². The third kappa shape index (κ3) is 4.74. The zero-order chi connectivity index (χ0) is 23.5. The van der Waals surface area contributed by atoms with E-state index in [1.54, 1.807) is 17.3 Å². The predicted octanol–water partition coefficient (Wildman–Crippen LogP) is 3.12. The van der Waals surface area contributed by atoms with Crippen molar-refractivity contribution in [3.8, 4) is 11.3 Å². The number of alkyl halides is 3. The van der Waals surface area contributed by atoms with Gasteiger partial charge in [0.25, 0.3) is 0 Å². The van der Waals surface area contributed by atoms with Gasteiger partial charge in [-0.05, 0) is 24.3 Å². The van der Waals surface area contributed by atoms with Crippen LogP contribution < -0.4 is 14.7 Å². The molecule has 0 spiro atoms. The van der Waals surface area contributed by atoms with Crippen molar-refractivity contribution < 1.29 is 17.9 Å². The fraction of sp³-hybridized carbons (Fsp3) is 0.391. The van der Waals surface area contributed by atoms with E-state index in [9.17, 15) is 13.2 Å². The van der Waals surface area contributed by atoms with E-state index in [1.807, 2.05) is 18.2 Å². The number of hydrogen-bond donors (Lipinski definition) is 0. The molecule has 0 aliphatic carbocycles. The van der Waals surface area contributed by atoms with Crippen molar-refractivity contribution >= 4 is 17.6 Å². The molecule has 2 aliphatic rings. The number of pyridine rings is 2. The highest BCUT2D eigenvalue weighted by Gasteiger charge is 2.36. The van der Waals surface area contributed by atoms with Gasteiger partial charge in [-0.15, -0.1) is 0 Å². The van der Waals surface area contributed by atoms with Gasteiger partial charge in [0.05, 0.1) is 24.5 Å². The number of ether oxygens (including phenoxy) is 1. The summed E-state index contributed by atoms with van der Waals surface area (Å²) in [6, 6.07) is 8.11. The third-order valence-corrected chi connectivity index (χ3v) is 5.97. The number of halogens is 3. The Morgan fingerprint density at radius 2 is 1.50 bits per heavy atom. The molecular formula is C23H24F3N7O. The Hall–Kier alpha value is -3.47. The van der Waals surface area contributed by atoms with Crippen molar-refractivity contribution in [3.63, 3.8) is 0 Å². The van der Waals surface area contributed by atoms with Gasteiger partial charge in [0.2, 0.25) is 5.95 Å². The smallest absolute Gasteiger partial charge is 0.378 e.